The van der Waals surface area contributed by atoms with Crippen LogP contribution in [0.15, 0.2) is 48.6 Å². The SMILES string of the molecule is C=C1C[C@H]2Cc3c(cc(C)c(OC)c3OCc3ccccc3)N2C1=O. The normalized spacial score (nSPS) is 18.3. The molecular weight excluding hydrogens is 314 g/mol. The first-order valence-electron chi connectivity index (χ1n) is 8.48. The summed E-state index contributed by atoms with van der Waals surface area (Å²) in [7, 11) is 1.66. The van der Waals surface area contributed by atoms with Gasteiger partial charge in [-0.05, 0) is 37.0 Å². The first-order valence-corrected chi connectivity index (χ1v) is 8.48. The first-order chi connectivity index (χ1) is 12.1. The molecule has 2 heterocycles. The maximum atomic E-state index is 12.5. The van der Waals surface area contributed by atoms with E-state index in [-0.39, 0.29) is 11.9 Å². The predicted octanol–water partition coefficient (Wildman–Crippen LogP) is 3.80. The largest absolute Gasteiger partial charge is 0.493 e. The molecule has 0 unspecified atom stereocenters. The van der Waals surface area contributed by atoms with Gasteiger partial charge in [-0.25, -0.2) is 0 Å². The number of anilines is 1. The molecule has 0 bridgehead atoms. The van der Waals surface area contributed by atoms with E-state index in [1.807, 2.05) is 48.2 Å². The number of hydrogen-bond acceptors (Lipinski definition) is 3. The number of hydrogen-bond donors (Lipinski definition) is 0. The van der Waals surface area contributed by atoms with Gasteiger partial charge in [0.1, 0.15) is 6.61 Å². The molecule has 2 aromatic carbocycles. The molecule has 0 N–H and O–H groups in total. The van der Waals surface area contributed by atoms with E-state index in [4.69, 9.17) is 9.47 Å². The minimum absolute atomic E-state index is 0.0299. The summed E-state index contributed by atoms with van der Waals surface area (Å²) < 4.78 is 11.8. The summed E-state index contributed by atoms with van der Waals surface area (Å²) in [6, 6.07) is 12.2. The van der Waals surface area contributed by atoms with Crippen LogP contribution in [0.1, 0.15) is 23.1 Å². The van der Waals surface area contributed by atoms with Crippen molar-refractivity contribution in [2.75, 3.05) is 12.0 Å². The molecule has 0 aliphatic carbocycles. The molecule has 0 saturated carbocycles. The Kier molecular flexibility index (Phi) is 3.75. The summed E-state index contributed by atoms with van der Waals surface area (Å²) in [5.41, 5.74) is 4.76. The summed E-state index contributed by atoms with van der Waals surface area (Å²) in [6.45, 7) is 6.35. The molecule has 2 aromatic rings. The van der Waals surface area contributed by atoms with E-state index >= 15 is 0 Å². The van der Waals surface area contributed by atoms with Crippen molar-refractivity contribution in [3.05, 3.63) is 65.2 Å². The molecular formula is C21H21NO3. The molecule has 4 heteroatoms. The average Bonchev–Trinajstić information content (AvgIpc) is 3.10. The number of methoxy groups -OCH3 is 1. The van der Waals surface area contributed by atoms with Gasteiger partial charge in [-0.15, -0.1) is 0 Å². The minimum Gasteiger partial charge on any atom is -0.493 e. The van der Waals surface area contributed by atoms with Crippen LogP contribution in [-0.2, 0) is 17.8 Å². The van der Waals surface area contributed by atoms with Crippen LogP contribution in [0.5, 0.6) is 11.5 Å². The Bertz CT molecular complexity index is 857. The molecule has 2 aliphatic heterocycles. The van der Waals surface area contributed by atoms with Crippen LogP contribution in [0, 0.1) is 6.92 Å². The van der Waals surface area contributed by atoms with Crippen LogP contribution in [-0.4, -0.2) is 19.1 Å². The number of carbonyl (C=O) groups excluding carboxylic acids is 1. The van der Waals surface area contributed by atoms with Crippen LogP contribution < -0.4 is 14.4 Å². The number of amides is 1. The second-order valence-corrected chi connectivity index (χ2v) is 6.67. The van der Waals surface area contributed by atoms with Gasteiger partial charge < -0.3 is 14.4 Å². The molecule has 1 atom stereocenters. The van der Waals surface area contributed by atoms with Gasteiger partial charge in [0.05, 0.1) is 12.8 Å². The summed E-state index contributed by atoms with van der Waals surface area (Å²) in [5.74, 6) is 1.54. The van der Waals surface area contributed by atoms with Crippen molar-refractivity contribution in [1.29, 1.82) is 0 Å². The van der Waals surface area contributed by atoms with Gasteiger partial charge in [0, 0.05) is 17.2 Å². The first kappa shape index (κ1) is 15.8. The third kappa shape index (κ3) is 2.49. The summed E-state index contributed by atoms with van der Waals surface area (Å²) in [6.07, 6.45) is 1.49. The number of benzene rings is 2. The lowest BCUT2D eigenvalue weighted by molar-refractivity contribution is -0.114. The van der Waals surface area contributed by atoms with Crippen LogP contribution in [0.2, 0.25) is 0 Å². The van der Waals surface area contributed by atoms with Gasteiger partial charge in [-0.1, -0.05) is 36.9 Å². The van der Waals surface area contributed by atoms with Crippen LogP contribution in [0.25, 0.3) is 0 Å². The molecule has 128 valence electrons. The van der Waals surface area contributed by atoms with E-state index in [1.54, 1.807) is 7.11 Å². The Morgan fingerprint density at radius 2 is 1.96 bits per heavy atom. The quantitative estimate of drug-likeness (QED) is 0.798. The number of aryl methyl sites for hydroxylation is 1. The van der Waals surface area contributed by atoms with Gasteiger partial charge in [0.2, 0.25) is 0 Å². The Hall–Kier alpha value is -2.75. The minimum atomic E-state index is 0.0299. The Labute approximate surface area is 147 Å². The Morgan fingerprint density at radius 3 is 2.68 bits per heavy atom. The molecule has 2 aliphatic rings. The van der Waals surface area contributed by atoms with Crippen LogP contribution in [0.3, 0.4) is 0 Å². The highest BCUT2D eigenvalue weighted by molar-refractivity contribution is 6.10. The average molecular weight is 335 g/mol. The second kappa shape index (κ2) is 5.96. The number of ether oxygens (including phenoxy) is 2. The summed E-state index contributed by atoms with van der Waals surface area (Å²) in [4.78, 5) is 14.3. The van der Waals surface area contributed by atoms with E-state index in [2.05, 4.69) is 6.58 Å². The number of nitrogens with zero attached hydrogens (tertiary/aromatic N) is 1. The van der Waals surface area contributed by atoms with Gasteiger partial charge in [-0.2, -0.15) is 0 Å². The fourth-order valence-electron chi connectivity index (χ4n) is 3.84. The Balaban J connectivity index is 1.74. The zero-order chi connectivity index (χ0) is 17.6. The molecule has 0 spiro atoms. The second-order valence-electron chi connectivity index (χ2n) is 6.67. The summed E-state index contributed by atoms with van der Waals surface area (Å²) >= 11 is 0. The summed E-state index contributed by atoms with van der Waals surface area (Å²) in [5, 5.41) is 0. The van der Waals surface area contributed by atoms with E-state index < -0.39 is 0 Å². The third-order valence-electron chi connectivity index (χ3n) is 5.00. The molecule has 4 nitrogen and oxygen atoms in total. The van der Waals surface area contributed by atoms with Gasteiger partial charge in [0.25, 0.3) is 5.91 Å². The molecule has 4 rings (SSSR count). The predicted molar refractivity (Wildman–Crippen MR) is 97.2 cm³/mol. The highest BCUT2D eigenvalue weighted by atomic mass is 16.5. The molecule has 25 heavy (non-hydrogen) atoms. The number of rotatable bonds is 4. The van der Waals surface area contributed by atoms with Crippen molar-refractivity contribution in [2.45, 2.75) is 32.4 Å². The topological polar surface area (TPSA) is 38.8 Å². The lowest BCUT2D eigenvalue weighted by Gasteiger charge is -2.20. The zero-order valence-corrected chi connectivity index (χ0v) is 14.5. The van der Waals surface area contributed by atoms with Gasteiger partial charge >= 0.3 is 0 Å². The van der Waals surface area contributed by atoms with E-state index in [0.29, 0.717) is 18.6 Å². The van der Waals surface area contributed by atoms with Gasteiger partial charge in [0.15, 0.2) is 11.5 Å². The van der Waals surface area contributed by atoms with Crippen LogP contribution in [0.4, 0.5) is 5.69 Å². The molecule has 1 fully saturated rings. The van der Waals surface area contributed by atoms with Crippen molar-refractivity contribution < 1.29 is 14.3 Å². The smallest absolute Gasteiger partial charge is 0.253 e. The van der Waals surface area contributed by atoms with E-state index in [1.165, 1.54) is 0 Å². The van der Waals surface area contributed by atoms with Crippen molar-refractivity contribution >= 4 is 11.6 Å². The van der Waals surface area contributed by atoms with E-state index in [0.717, 1.165) is 40.3 Å². The van der Waals surface area contributed by atoms with Crippen molar-refractivity contribution in [2.24, 2.45) is 0 Å². The lowest BCUT2D eigenvalue weighted by atomic mass is 10.0. The molecule has 1 amide bonds. The molecule has 0 radical (unpaired) electrons. The third-order valence-corrected chi connectivity index (χ3v) is 5.00. The number of carbonyl (C=O) groups is 1. The standard InChI is InChI=1S/C21H21NO3/c1-13-10-18-17(11-16-9-14(2)21(23)22(16)18)20(19(13)24-3)25-12-15-7-5-4-6-8-15/h4-8,10,16H,2,9,11-12H2,1,3H3/t16-/m0/s1. The fourth-order valence-corrected chi connectivity index (χ4v) is 3.84. The fraction of sp³-hybridized carbons (Fsp3) is 0.286. The molecule has 0 aromatic heterocycles. The highest BCUT2D eigenvalue weighted by Gasteiger charge is 2.43. The Morgan fingerprint density at radius 1 is 1.20 bits per heavy atom. The highest BCUT2D eigenvalue weighted by Crippen LogP contribution is 2.49. The monoisotopic (exact) mass is 335 g/mol. The van der Waals surface area contributed by atoms with Crippen molar-refractivity contribution in [3.63, 3.8) is 0 Å². The van der Waals surface area contributed by atoms with Crippen LogP contribution >= 0.6 is 0 Å². The van der Waals surface area contributed by atoms with Crippen molar-refractivity contribution in [3.8, 4) is 11.5 Å². The maximum absolute atomic E-state index is 12.5. The van der Waals surface area contributed by atoms with Gasteiger partial charge in [-0.3, -0.25) is 4.79 Å². The lowest BCUT2D eigenvalue weighted by Crippen LogP contribution is -2.29. The molecule has 1 saturated heterocycles. The maximum Gasteiger partial charge on any atom is 0.253 e. The van der Waals surface area contributed by atoms with E-state index in [9.17, 15) is 4.79 Å². The van der Waals surface area contributed by atoms with Crippen molar-refractivity contribution in [1.82, 2.24) is 0 Å². The zero-order valence-electron chi connectivity index (χ0n) is 14.5. The number of fused-ring (bicyclic) bond motifs is 3.